The summed E-state index contributed by atoms with van der Waals surface area (Å²) < 4.78 is 45.7. The molecular weight excluding hydrogens is 443 g/mol. The Balaban J connectivity index is 1.77. The fourth-order valence-corrected chi connectivity index (χ4v) is 5.53. The van der Waals surface area contributed by atoms with Gasteiger partial charge in [0, 0.05) is 26.2 Å². The first-order chi connectivity index (χ1) is 15.3. The summed E-state index contributed by atoms with van der Waals surface area (Å²) in [5.41, 5.74) is -1.20. The Morgan fingerprint density at radius 2 is 1.75 bits per heavy atom. The summed E-state index contributed by atoms with van der Waals surface area (Å²) in [4.78, 5) is 28.3. The number of aromatic carboxylic acids is 1. The number of thioether (sulfide) groups is 1. The van der Waals surface area contributed by atoms with Crippen LogP contribution in [0.15, 0.2) is 40.2 Å². The van der Waals surface area contributed by atoms with Crippen LogP contribution in [0.25, 0.3) is 10.9 Å². The number of hydrogen-bond acceptors (Lipinski definition) is 5. The number of fused-ring (bicyclic) bond motifs is 3. The highest BCUT2D eigenvalue weighted by Gasteiger charge is 2.38. The van der Waals surface area contributed by atoms with Gasteiger partial charge in [0.2, 0.25) is 5.43 Å². The van der Waals surface area contributed by atoms with E-state index < -0.39 is 39.8 Å². The third-order valence-corrected chi connectivity index (χ3v) is 7.29. The van der Waals surface area contributed by atoms with Crippen LogP contribution >= 0.6 is 11.8 Å². The summed E-state index contributed by atoms with van der Waals surface area (Å²) in [5.74, 6) is -3.71. The first-order valence-electron chi connectivity index (χ1n) is 9.97. The number of carbonyl (C=O) groups is 1. The van der Waals surface area contributed by atoms with Crippen molar-refractivity contribution in [2.75, 3.05) is 38.1 Å². The van der Waals surface area contributed by atoms with Crippen LogP contribution in [0.2, 0.25) is 0 Å². The molecule has 1 N–H and O–H groups in total. The molecule has 166 valence electrons. The Morgan fingerprint density at radius 3 is 2.38 bits per heavy atom. The van der Waals surface area contributed by atoms with Crippen molar-refractivity contribution in [2.45, 2.75) is 10.4 Å². The normalized spacial score (nSPS) is 18.5. The molecule has 3 aromatic rings. The number of likely N-dealkylation sites (N-methyl/N-ethyl adjacent to an activating group) is 1. The van der Waals surface area contributed by atoms with Gasteiger partial charge >= 0.3 is 5.97 Å². The molecule has 5 rings (SSSR count). The van der Waals surface area contributed by atoms with Crippen molar-refractivity contribution in [1.29, 1.82) is 0 Å². The molecule has 0 saturated carbocycles. The Kier molecular flexibility index (Phi) is 4.94. The summed E-state index contributed by atoms with van der Waals surface area (Å²) in [6.45, 7) is 2.08. The molecule has 2 aliphatic rings. The highest BCUT2D eigenvalue weighted by molar-refractivity contribution is 8.00. The molecule has 1 atom stereocenters. The van der Waals surface area contributed by atoms with Gasteiger partial charge in [-0.3, -0.25) is 4.79 Å². The molecular formula is C22H18F3N3O3S. The van der Waals surface area contributed by atoms with Crippen LogP contribution in [-0.4, -0.2) is 53.8 Å². The number of hydrogen-bond donors (Lipinski definition) is 1. The molecule has 1 unspecified atom stereocenters. The van der Waals surface area contributed by atoms with E-state index in [4.69, 9.17) is 0 Å². The first kappa shape index (κ1) is 20.9. The zero-order chi connectivity index (χ0) is 22.7. The number of anilines is 1. The van der Waals surface area contributed by atoms with E-state index >= 15 is 8.78 Å². The van der Waals surface area contributed by atoms with Gasteiger partial charge in [0.15, 0.2) is 5.82 Å². The number of piperazine rings is 1. The van der Waals surface area contributed by atoms with Crippen LogP contribution < -0.4 is 10.3 Å². The minimum Gasteiger partial charge on any atom is -0.477 e. The van der Waals surface area contributed by atoms with E-state index in [1.54, 1.807) is 4.90 Å². The summed E-state index contributed by atoms with van der Waals surface area (Å²) in [5, 5.41) is 8.80. The Labute approximate surface area is 184 Å². The van der Waals surface area contributed by atoms with Crippen LogP contribution in [0, 0.1) is 17.5 Å². The lowest BCUT2D eigenvalue weighted by molar-refractivity contribution is 0.0689. The molecule has 1 aromatic heterocycles. The molecule has 1 saturated heterocycles. The Hall–Kier alpha value is -2.98. The van der Waals surface area contributed by atoms with Gasteiger partial charge in [0.25, 0.3) is 0 Å². The minimum atomic E-state index is -1.46. The summed E-state index contributed by atoms with van der Waals surface area (Å²) in [6.07, 6.45) is 0. The average Bonchev–Trinajstić information content (AvgIpc) is 2.73. The lowest BCUT2D eigenvalue weighted by atomic mass is 10.1. The molecule has 32 heavy (non-hydrogen) atoms. The summed E-state index contributed by atoms with van der Waals surface area (Å²) >= 11 is 1.08. The van der Waals surface area contributed by atoms with Crippen molar-refractivity contribution in [1.82, 2.24) is 9.47 Å². The fourth-order valence-electron chi connectivity index (χ4n) is 4.26. The van der Waals surface area contributed by atoms with Crippen molar-refractivity contribution in [3.05, 3.63) is 69.1 Å². The van der Waals surface area contributed by atoms with Gasteiger partial charge in [-0.25, -0.2) is 18.0 Å². The molecule has 2 aromatic carbocycles. The molecule has 1 fully saturated rings. The molecule has 6 nitrogen and oxygen atoms in total. The van der Waals surface area contributed by atoms with Crippen molar-refractivity contribution in [3.63, 3.8) is 0 Å². The van der Waals surface area contributed by atoms with Gasteiger partial charge in [-0.15, -0.1) is 0 Å². The highest BCUT2D eigenvalue weighted by atomic mass is 32.2. The van der Waals surface area contributed by atoms with Gasteiger partial charge in [0.1, 0.15) is 28.3 Å². The standard InChI is InChI=1S/C22H18F3N3O3S/c1-26-6-8-27(9-7-26)18-14(24)10-13-17(16(18)25)28-20(11-2-4-12(23)5-3-11)32-21(28)15(19(13)29)22(30)31/h2-5,10,20H,6-9H2,1H3,(H,30,31). The lowest BCUT2D eigenvalue weighted by Gasteiger charge is -2.37. The molecule has 10 heteroatoms. The topological polar surface area (TPSA) is 65.8 Å². The number of pyridine rings is 1. The first-order valence-corrected chi connectivity index (χ1v) is 10.8. The van der Waals surface area contributed by atoms with Gasteiger partial charge in [-0.2, -0.15) is 0 Å². The number of rotatable bonds is 3. The monoisotopic (exact) mass is 461 g/mol. The van der Waals surface area contributed by atoms with Gasteiger partial charge in [-0.1, -0.05) is 23.9 Å². The molecule has 3 heterocycles. The second-order valence-electron chi connectivity index (χ2n) is 7.91. The van der Waals surface area contributed by atoms with E-state index in [0.717, 1.165) is 17.8 Å². The lowest BCUT2D eigenvalue weighted by Crippen LogP contribution is -2.45. The van der Waals surface area contributed by atoms with Crippen LogP contribution in [0.5, 0.6) is 0 Å². The zero-order valence-corrected chi connectivity index (χ0v) is 17.8. The highest BCUT2D eigenvalue weighted by Crippen LogP contribution is 2.51. The van der Waals surface area contributed by atoms with E-state index in [2.05, 4.69) is 0 Å². The van der Waals surface area contributed by atoms with Crippen molar-refractivity contribution >= 4 is 34.3 Å². The molecule has 0 radical (unpaired) electrons. The van der Waals surface area contributed by atoms with Crippen molar-refractivity contribution in [3.8, 4) is 0 Å². The zero-order valence-electron chi connectivity index (χ0n) is 16.9. The number of carboxylic acids is 1. The quantitative estimate of drug-likeness (QED) is 0.644. The van der Waals surface area contributed by atoms with Gasteiger partial charge < -0.3 is 19.5 Å². The fraction of sp³-hybridized carbons (Fsp3) is 0.273. The third-order valence-electron chi connectivity index (χ3n) is 5.96. The van der Waals surface area contributed by atoms with Crippen LogP contribution in [0.1, 0.15) is 21.3 Å². The second kappa shape index (κ2) is 7.56. The molecule has 0 spiro atoms. The van der Waals surface area contributed by atoms with Crippen molar-refractivity contribution in [2.24, 2.45) is 0 Å². The molecule has 2 aliphatic heterocycles. The number of aromatic nitrogens is 1. The van der Waals surface area contributed by atoms with Crippen LogP contribution in [0.3, 0.4) is 0 Å². The van der Waals surface area contributed by atoms with E-state index in [0.29, 0.717) is 31.7 Å². The SMILES string of the molecule is CN1CCN(c2c(F)cc3c(=O)c(C(=O)O)c4n(c3c2F)C(c2ccc(F)cc2)S4)CC1. The van der Waals surface area contributed by atoms with E-state index in [9.17, 15) is 19.1 Å². The number of halogens is 3. The molecule has 0 amide bonds. The summed E-state index contributed by atoms with van der Waals surface area (Å²) in [6, 6.07) is 6.47. The minimum absolute atomic E-state index is 0.0964. The molecule has 0 bridgehead atoms. The summed E-state index contributed by atoms with van der Waals surface area (Å²) in [7, 11) is 1.92. The van der Waals surface area contributed by atoms with Crippen LogP contribution in [-0.2, 0) is 0 Å². The maximum atomic E-state index is 15.9. The van der Waals surface area contributed by atoms with Gasteiger partial charge in [-0.05, 0) is 30.8 Å². The number of nitrogens with zero attached hydrogens (tertiary/aromatic N) is 3. The maximum absolute atomic E-state index is 15.9. The predicted octanol–water partition coefficient (Wildman–Crippen LogP) is 3.52. The van der Waals surface area contributed by atoms with Crippen LogP contribution in [0.4, 0.5) is 18.9 Å². The predicted molar refractivity (Wildman–Crippen MR) is 115 cm³/mol. The largest absolute Gasteiger partial charge is 0.477 e. The second-order valence-corrected chi connectivity index (χ2v) is 8.98. The number of carboxylic acid groups (broad SMARTS) is 1. The van der Waals surface area contributed by atoms with Crippen molar-refractivity contribution < 1.29 is 23.1 Å². The van der Waals surface area contributed by atoms with E-state index in [-0.39, 0.29) is 21.6 Å². The van der Waals surface area contributed by atoms with E-state index in [1.807, 2.05) is 11.9 Å². The Morgan fingerprint density at radius 1 is 1.09 bits per heavy atom. The van der Waals surface area contributed by atoms with Gasteiger partial charge in [0.05, 0.1) is 15.9 Å². The Bertz CT molecular complexity index is 1320. The third kappa shape index (κ3) is 3.08. The maximum Gasteiger partial charge on any atom is 0.342 e. The van der Waals surface area contributed by atoms with E-state index in [1.165, 1.54) is 28.8 Å². The molecule has 0 aliphatic carbocycles. The number of benzene rings is 2. The average molecular weight is 461 g/mol. The smallest absolute Gasteiger partial charge is 0.342 e.